The van der Waals surface area contributed by atoms with E-state index >= 15 is 0 Å². The number of nitrogens with zero attached hydrogens (tertiary/aromatic N) is 4. The molecule has 11 heteroatoms. The Morgan fingerprint density at radius 2 is 2.09 bits per heavy atom. The van der Waals surface area contributed by atoms with Crippen LogP contribution in [0.15, 0.2) is 12.1 Å². The highest BCUT2D eigenvalue weighted by Gasteiger charge is 2.28. The molecule has 0 saturated heterocycles. The first-order valence-corrected chi connectivity index (χ1v) is 11.6. The normalized spacial score (nSPS) is 17.9. The smallest absolute Gasteiger partial charge is 0.407 e. The summed E-state index contributed by atoms with van der Waals surface area (Å²) in [6.07, 6.45) is 3.96. The predicted molar refractivity (Wildman–Crippen MR) is 121 cm³/mol. The Bertz CT molecular complexity index is 983. The van der Waals surface area contributed by atoms with Gasteiger partial charge in [0.05, 0.1) is 30.1 Å². The van der Waals surface area contributed by atoms with Gasteiger partial charge in [0, 0.05) is 13.6 Å². The van der Waals surface area contributed by atoms with Crippen LogP contribution in [0.5, 0.6) is 5.75 Å². The number of aryl methyl sites for hydroxylation is 2. The summed E-state index contributed by atoms with van der Waals surface area (Å²) in [7, 11) is 1.70. The number of amides is 1. The van der Waals surface area contributed by atoms with Crippen molar-refractivity contribution in [2.24, 2.45) is 13.0 Å². The van der Waals surface area contributed by atoms with E-state index in [-0.39, 0.29) is 25.3 Å². The van der Waals surface area contributed by atoms with Crippen molar-refractivity contribution in [2.75, 3.05) is 13.2 Å². The number of carboxylic acids is 1. The number of pyridine rings is 1. The van der Waals surface area contributed by atoms with Gasteiger partial charge in [0.15, 0.2) is 0 Å². The number of hydrogen-bond acceptors (Lipinski definition) is 7. The standard InChI is InChI=1S/C23H32FN5O5/c1-15-20(34-17-8-6-7-16(13-17)22(30)31)10-9-18(26-15)21-19(29(2)28-27-21)14-33-23(32)25-12-5-3-4-11-24/h9-10,16-17H,3-8,11-14H2,1-2H3,(H,25,32)(H,30,31)/t16-,17-/m0/s1. The van der Waals surface area contributed by atoms with Gasteiger partial charge in [-0.15, -0.1) is 5.10 Å². The van der Waals surface area contributed by atoms with Gasteiger partial charge in [0.2, 0.25) is 0 Å². The molecular weight excluding hydrogens is 445 g/mol. The Morgan fingerprint density at radius 3 is 2.82 bits per heavy atom. The predicted octanol–water partition coefficient (Wildman–Crippen LogP) is 3.57. The summed E-state index contributed by atoms with van der Waals surface area (Å²) < 4.78 is 25.0. The lowest BCUT2D eigenvalue weighted by molar-refractivity contribution is -0.143. The van der Waals surface area contributed by atoms with E-state index in [0.29, 0.717) is 67.2 Å². The van der Waals surface area contributed by atoms with Crippen molar-refractivity contribution in [3.8, 4) is 17.1 Å². The van der Waals surface area contributed by atoms with Gasteiger partial charge in [-0.05, 0) is 64.0 Å². The minimum Gasteiger partial charge on any atom is -0.489 e. The molecule has 186 valence electrons. The highest BCUT2D eigenvalue weighted by Crippen LogP contribution is 2.30. The zero-order valence-electron chi connectivity index (χ0n) is 19.6. The molecule has 2 atom stereocenters. The van der Waals surface area contributed by atoms with E-state index in [1.807, 2.05) is 6.92 Å². The number of rotatable bonds is 11. The summed E-state index contributed by atoms with van der Waals surface area (Å²) >= 11 is 0. The largest absolute Gasteiger partial charge is 0.489 e. The number of aromatic nitrogens is 4. The topological polar surface area (TPSA) is 128 Å². The summed E-state index contributed by atoms with van der Waals surface area (Å²) in [6.45, 7) is 1.85. The van der Waals surface area contributed by atoms with Gasteiger partial charge in [0.25, 0.3) is 0 Å². The lowest BCUT2D eigenvalue weighted by Gasteiger charge is -2.27. The fourth-order valence-electron chi connectivity index (χ4n) is 3.97. The van der Waals surface area contributed by atoms with Crippen molar-refractivity contribution in [3.63, 3.8) is 0 Å². The first-order valence-electron chi connectivity index (χ1n) is 11.6. The molecule has 1 aliphatic carbocycles. The second-order valence-corrected chi connectivity index (χ2v) is 8.48. The Morgan fingerprint density at radius 1 is 1.26 bits per heavy atom. The van der Waals surface area contributed by atoms with E-state index in [2.05, 4.69) is 20.6 Å². The lowest BCUT2D eigenvalue weighted by atomic mass is 9.87. The number of nitrogens with one attached hydrogen (secondary N) is 1. The Labute approximate surface area is 197 Å². The molecule has 2 N–H and O–H groups in total. The maximum Gasteiger partial charge on any atom is 0.407 e. The van der Waals surface area contributed by atoms with Crippen molar-refractivity contribution in [2.45, 2.75) is 64.6 Å². The number of alkyl halides is 1. The van der Waals surface area contributed by atoms with Crippen LogP contribution in [0.1, 0.15) is 56.3 Å². The molecule has 0 unspecified atom stereocenters. The molecule has 0 spiro atoms. The average molecular weight is 478 g/mol. The third kappa shape index (κ3) is 6.88. The molecule has 0 aliphatic heterocycles. The van der Waals surface area contributed by atoms with E-state index in [9.17, 15) is 19.1 Å². The second-order valence-electron chi connectivity index (χ2n) is 8.48. The fraction of sp³-hybridized carbons (Fsp3) is 0.609. The van der Waals surface area contributed by atoms with E-state index < -0.39 is 12.1 Å². The summed E-state index contributed by atoms with van der Waals surface area (Å²) in [4.78, 5) is 27.9. The molecule has 1 saturated carbocycles. The maximum atomic E-state index is 12.1. The summed E-state index contributed by atoms with van der Waals surface area (Å²) in [6, 6.07) is 3.56. The zero-order valence-corrected chi connectivity index (χ0v) is 19.6. The van der Waals surface area contributed by atoms with Gasteiger partial charge < -0.3 is 19.9 Å². The van der Waals surface area contributed by atoms with Crippen LogP contribution in [0.4, 0.5) is 9.18 Å². The van der Waals surface area contributed by atoms with Gasteiger partial charge in [-0.2, -0.15) is 0 Å². The van der Waals surface area contributed by atoms with Gasteiger partial charge in [-0.3, -0.25) is 9.18 Å². The van der Waals surface area contributed by atoms with Crippen LogP contribution in [0.3, 0.4) is 0 Å². The second kappa shape index (κ2) is 12.3. The third-order valence-corrected chi connectivity index (χ3v) is 5.91. The highest BCUT2D eigenvalue weighted by atomic mass is 19.1. The third-order valence-electron chi connectivity index (χ3n) is 5.91. The SMILES string of the molecule is Cc1nc(-c2nnn(C)c2COC(=O)NCCCCCF)ccc1O[C@H]1CCC[C@H](C(=O)O)C1. The van der Waals surface area contributed by atoms with Crippen LogP contribution in [0.25, 0.3) is 11.4 Å². The minimum absolute atomic E-state index is 0.0349. The van der Waals surface area contributed by atoms with Gasteiger partial charge in [-0.25, -0.2) is 14.5 Å². The number of aliphatic carboxylic acids is 1. The molecule has 1 amide bonds. The molecular formula is C23H32FN5O5. The number of carbonyl (C=O) groups excluding carboxylic acids is 1. The van der Waals surface area contributed by atoms with Gasteiger partial charge in [-0.1, -0.05) is 5.21 Å². The summed E-state index contributed by atoms with van der Waals surface area (Å²) in [5, 5.41) is 20.1. The van der Waals surface area contributed by atoms with Crippen molar-refractivity contribution >= 4 is 12.1 Å². The minimum atomic E-state index is -0.777. The first kappa shape index (κ1) is 25.4. The van der Waals surface area contributed by atoms with Crippen molar-refractivity contribution < 1.29 is 28.6 Å². The monoisotopic (exact) mass is 477 g/mol. The Balaban J connectivity index is 1.60. The molecule has 2 aromatic heterocycles. The van der Waals surface area contributed by atoms with Crippen LogP contribution in [0, 0.1) is 12.8 Å². The van der Waals surface area contributed by atoms with Crippen LogP contribution in [0.2, 0.25) is 0 Å². The van der Waals surface area contributed by atoms with Crippen molar-refractivity contribution in [1.29, 1.82) is 0 Å². The molecule has 2 heterocycles. The van der Waals surface area contributed by atoms with Gasteiger partial charge in [0.1, 0.15) is 23.7 Å². The fourth-order valence-corrected chi connectivity index (χ4v) is 3.97. The van der Waals surface area contributed by atoms with Crippen LogP contribution in [-0.2, 0) is 23.2 Å². The molecule has 3 rings (SSSR count). The van der Waals surface area contributed by atoms with Crippen LogP contribution < -0.4 is 10.1 Å². The van der Waals surface area contributed by atoms with E-state index in [1.54, 1.807) is 19.2 Å². The summed E-state index contributed by atoms with van der Waals surface area (Å²) in [5.41, 5.74) is 2.30. The van der Waals surface area contributed by atoms with Crippen LogP contribution >= 0.6 is 0 Å². The number of halogens is 1. The van der Waals surface area contributed by atoms with Crippen molar-refractivity contribution in [1.82, 2.24) is 25.3 Å². The highest BCUT2D eigenvalue weighted by molar-refractivity contribution is 5.70. The number of ether oxygens (including phenoxy) is 2. The number of unbranched alkanes of at least 4 members (excludes halogenated alkanes) is 2. The lowest BCUT2D eigenvalue weighted by Crippen LogP contribution is -2.29. The van der Waals surface area contributed by atoms with Crippen molar-refractivity contribution in [3.05, 3.63) is 23.5 Å². The zero-order chi connectivity index (χ0) is 24.5. The molecule has 1 aliphatic rings. The van der Waals surface area contributed by atoms with Gasteiger partial charge >= 0.3 is 12.1 Å². The first-order chi connectivity index (χ1) is 16.4. The molecule has 2 aromatic rings. The number of carboxylic acid groups (broad SMARTS) is 1. The van der Waals surface area contributed by atoms with E-state index in [4.69, 9.17) is 9.47 Å². The average Bonchev–Trinajstić information content (AvgIpc) is 3.19. The molecule has 10 nitrogen and oxygen atoms in total. The summed E-state index contributed by atoms with van der Waals surface area (Å²) in [5.74, 6) is -0.546. The van der Waals surface area contributed by atoms with E-state index in [1.165, 1.54) is 4.68 Å². The Hall–Kier alpha value is -3.24. The molecule has 34 heavy (non-hydrogen) atoms. The molecule has 0 bridgehead atoms. The molecule has 0 radical (unpaired) electrons. The number of hydrogen-bond donors (Lipinski definition) is 2. The number of carbonyl (C=O) groups is 2. The number of alkyl carbamates (subject to hydrolysis) is 1. The van der Waals surface area contributed by atoms with Crippen LogP contribution in [-0.4, -0.2) is 56.5 Å². The van der Waals surface area contributed by atoms with E-state index in [0.717, 1.165) is 12.8 Å². The maximum absolute atomic E-state index is 12.1. The molecule has 1 fully saturated rings. The Kier molecular flexibility index (Phi) is 9.17. The molecule has 0 aromatic carbocycles. The quantitative estimate of drug-likeness (QED) is 0.470.